The monoisotopic (exact) mass is 384 g/mol. The van der Waals surface area contributed by atoms with Crippen molar-refractivity contribution in [1.29, 1.82) is 0 Å². The molecule has 3 heterocycles. The SMILES string of the molecule is Cc1cccc2nc(COc3ncnc4nc[nH]c34)n(-c3ccccc3)c(=O)c12. The van der Waals surface area contributed by atoms with Gasteiger partial charge in [-0.2, -0.15) is 4.98 Å². The molecule has 8 nitrogen and oxygen atoms in total. The summed E-state index contributed by atoms with van der Waals surface area (Å²) in [6, 6.07) is 15.0. The minimum atomic E-state index is -0.132. The summed E-state index contributed by atoms with van der Waals surface area (Å²) in [4.78, 5) is 33.4. The van der Waals surface area contributed by atoms with E-state index < -0.39 is 0 Å². The number of para-hydroxylation sites is 1. The number of ether oxygens (including phenoxy) is 1. The maximum Gasteiger partial charge on any atom is 0.266 e. The zero-order chi connectivity index (χ0) is 19.8. The Bertz CT molecular complexity index is 1390. The number of H-pyrrole nitrogens is 1. The molecule has 0 spiro atoms. The van der Waals surface area contributed by atoms with E-state index in [1.54, 1.807) is 4.57 Å². The molecule has 142 valence electrons. The van der Waals surface area contributed by atoms with Crippen molar-refractivity contribution in [3.8, 4) is 11.6 Å². The van der Waals surface area contributed by atoms with Crippen molar-refractivity contribution in [2.45, 2.75) is 13.5 Å². The molecule has 0 fully saturated rings. The van der Waals surface area contributed by atoms with E-state index in [1.807, 2.05) is 55.5 Å². The summed E-state index contributed by atoms with van der Waals surface area (Å²) in [5.74, 6) is 0.830. The summed E-state index contributed by atoms with van der Waals surface area (Å²) < 4.78 is 7.50. The van der Waals surface area contributed by atoms with Gasteiger partial charge in [-0.05, 0) is 30.7 Å². The third-order valence-electron chi connectivity index (χ3n) is 4.72. The van der Waals surface area contributed by atoms with Gasteiger partial charge in [-0.25, -0.2) is 15.0 Å². The smallest absolute Gasteiger partial charge is 0.266 e. The minimum Gasteiger partial charge on any atom is -0.468 e. The Kier molecular flexibility index (Phi) is 4.02. The number of hydrogen-bond donors (Lipinski definition) is 1. The predicted octanol–water partition coefficient (Wildman–Crippen LogP) is 2.94. The molecule has 0 bridgehead atoms. The molecule has 1 N–H and O–H groups in total. The molecular formula is C21H16N6O2. The van der Waals surface area contributed by atoms with Crippen LogP contribution in [0.1, 0.15) is 11.4 Å². The van der Waals surface area contributed by atoms with Crippen molar-refractivity contribution in [3.63, 3.8) is 0 Å². The summed E-state index contributed by atoms with van der Waals surface area (Å²) in [6.07, 6.45) is 2.92. The van der Waals surface area contributed by atoms with E-state index in [2.05, 4.69) is 19.9 Å². The molecule has 29 heavy (non-hydrogen) atoms. The van der Waals surface area contributed by atoms with Crippen LogP contribution in [0.2, 0.25) is 0 Å². The molecule has 5 rings (SSSR count). The number of fused-ring (bicyclic) bond motifs is 2. The molecule has 0 amide bonds. The molecule has 0 aliphatic heterocycles. The second kappa shape index (κ2) is 6.83. The molecule has 0 atom stereocenters. The van der Waals surface area contributed by atoms with Crippen molar-refractivity contribution in [2.75, 3.05) is 0 Å². The average molecular weight is 384 g/mol. The molecule has 8 heteroatoms. The highest BCUT2D eigenvalue weighted by molar-refractivity contribution is 5.81. The number of aromatic amines is 1. The quantitative estimate of drug-likeness (QED) is 0.512. The van der Waals surface area contributed by atoms with E-state index in [4.69, 9.17) is 9.72 Å². The highest BCUT2D eigenvalue weighted by Crippen LogP contribution is 2.20. The van der Waals surface area contributed by atoms with Crippen LogP contribution in [0.25, 0.3) is 27.8 Å². The predicted molar refractivity (Wildman–Crippen MR) is 108 cm³/mol. The van der Waals surface area contributed by atoms with Gasteiger partial charge in [0.2, 0.25) is 5.88 Å². The lowest BCUT2D eigenvalue weighted by molar-refractivity contribution is 0.284. The average Bonchev–Trinajstić information content (AvgIpc) is 3.22. The Morgan fingerprint density at radius 2 is 1.90 bits per heavy atom. The molecule has 0 saturated carbocycles. The fourth-order valence-corrected chi connectivity index (χ4v) is 3.37. The van der Waals surface area contributed by atoms with Crippen LogP contribution in [-0.4, -0.2) is 29.5 Å². The van der Waals surface area contributed by atoms with Crippen molar-refractivity contribution in [1.82, 2.24) is 29.5 Å². The van der Waals surface area contributed by atoms with Gasteiger partial charge < -0.3 is 9.72 Å². The summed E-state index contributed by atoms with van der Waals surface area (Å²) in [6.45, 7) is 1.96. The Hall–Kier alpha value is -4.07. The van der Waals surface area contributed by atoms with Gasteiger partial charge in [0.15, 0.2) is 11.5 Å². The molecule has 0 radical (unpaired) electrons. The molecule has 0 aliphatic carbocycles. The number of rotatable bonds is 4. The minimum absolute atomic E-state index is 0.0547. The third-order valence-corrected chi connectivity index (χ3v) is 4.72. The van der Waals surface area contributed by atoms with Crippen molar-refractivity contribution in [2.24, 2.45) is 0 Å². The molecular weight excluding hydrogens is 368 g/mol. The van der Waals surface area contributed by atoms with Gasteiger partial charge in [0.1, 0.15) is 18.5 Å². The van der Waals surface area contributed by atoms with E-state index in [-0.39, 0.29) is 12.2 Å². The number of nitrogens with zero attached hydrogens (tertiary/aromatic N) is 5. The van der Waals surface area contributed by atoms with Crippen LogP contribution in [0, 0.1) is 6.92 Å². The maximum atomic E-state index is 13.4. The van der Waals surface area contributed by atoms with E-state index in [9.17, 15) is 4.79 Å². The van der Waals surface area contributed by atoms with Crippen LogP contribution in [0.15, 0.2) is 66.0 Å². The van der Waals surface area contributed by atoms with Crippen molar-refractivity contribution < 1.29 is 4.74 Å². The number of aryl methyl sites for hydroxylation is 1. The standard InChI is InChI=1S/C21H16N6O2/c1-13-6-5-9-15-17(13)21(28)27(14-7-3-2-4-8-14)16(26-15)10-29-20-18-19(23-11-22-18)24-12-25-20/h2-9,11-12H,10H2,1H3,(H,22,23,24,25). The number of hydrogen-bond acceptors (Lipinski definition) is 6. The van der Waals surface area contributed by atoms with E-state index in [0.717, 1.165) is 11.3 Å². The van der Waals surface area contributed by atoms with Gasteiger partial charge in [0.25, 0.3) is 5.56 Å². The Labute approximate surface area is 164 Å². The number of nitrogens with one attached hydrogen (secondary N) is 1. The molecule has 2 aromatic carbocycles. The van der Waals surface area contributed by atoms with Gasteiger partial charge in [0, 0.05) is 0 Å². The van der Waals surface area contributed by atoms with Crippen LogP contribution in [-0.2, 0) is 6.61 Å². The van der Waals surface area contributed by atoms with Gasteiger partial charge in [-0.3, -0.25) is 9.36 Å². The summed E-state index contributed by atoms with van der Waals surface area (Å²) in [5.41, 5.74) is 3.22. The Morgan fingerprint density at radius 3 is 2.76 bits per heavy atom. The molecule has 3 aromatic heterocycles. The molecule has 5 aromatic rings. The second-order valence-corrected chi connectivity index (χ2v) is 6.54. The van der Waals surface area contributed by atoms with Crippen LogP contribution in [0.4, 0.5) is 0 Å². The van der Waals surface area contributed by atoms with E-state index in [1.165, 1.54) is 12.7 Å². The fourth-order valence-electron chi connectivity index (χ4n) is 3.37. The Balaban J connectivity index is 1.66. The number of benzene rings is 2. The second-order valence-electron chi connectivity index (χ2n) is 6.54. The molecule has 0 aliphatic rings. The topological polar surface area (TPSA) is 98.6 Å². The highest BCUT2D eigenvalue weighted by atomic mass is 16.5. The van der Waals surface area contributed by atoms with E-state index >= 15 is 0 Å². The number of aromatic nitrogens is 6. The zero-order valence-electron chi connectivity index (χ0n) is 15.5. The summed E-state index contributed by atoms with van der Waals surface area (Å²) in [5, 5.41) is 0.595. The van der Waals surface area contributed by atoms with Gasteiger partial charge in [-0.1, -0.05) is 30.3 Å². The third kappa shape index (κ3) is 2.91. The van der Waals surface area contributed by atoms with Gasteiger partial charge in [-0.15, -0.1) is 0 Å². The maximum absolute atomic E-state index is 13.4. The van der Waals surface area contributed by atoms with Crippen LogP contribution in [0.3, 0.4) is 0 Å². The summed E-state index contributed by atoms with van der Waals surface area (Å²) in [7, 11) is 0. The lowest BCUT2D eigenvalue weighted by atomic mass is 10.1. The summed E-state index contributed by atoms with van der Waals surface area (Å²) >= 11 is 0. The highest BCUT2D eigenvalue weighted by Gasteiger charge is 2.16. The van der Waals surface area contributed by atoms with Crippen LogP contribution in [0.5, 0.6) is 5.88 Å². The van der Waals surface area contributed by atoms with Crippen molar-refractivity contribution in [3.05, 3.63) is 82.9 Å². The van der Waals surface area contributed by atoms with Crippen LogP contribution >= 0.6 is 0 Å². The largest absolute Gasteiger partial charge is 0.468 e. The zero-order valence-corrected chi connectivity index (χ0v) is 15.5. The first kappa shape index (κ1) is 17.1. The lowest BCUT2D eigenvalue weighted by Gasteiger charge is -2.15. The van der Waals surface area contributed by atoms with Gasteiger partial charge in [0.05, 0.1) is 22.9 Å². The molecule has 0 saturated heterocycles. The first-order valence-corrected chi connectivity index (χ1v) is 9.06. The fraction of sp³-hybridized carbons (Fsp3) is 0.0952. The normalized spacial score (nSPS) is 11.2. The van der Waals surface area contributed by atoms with E-state index in [0.29, 0.717) is 33.8 Å². The first-order chi connectivity index (χ1) is 14.2. The Morgan fingerprint density at radius 1 is 1.03 bits per heavy atom. The van der Waals surface area contributed by atoms with Crippen molar-refractivity contribution >= 4 is 22.1 Å². The number of imidazole rings is 1. The van der Waals surface area contributed by atoms with Crippen LogP contribution < -0.4 is 10.3 Å². The van der Waals surface area contributed by atoms with Gasteiger partial charge >= 0.3 is 0 Å². The molecule has 0 unspecified atom stereocenters. The lowest BCUT2D eigenvalue weighted by Crippen LogP contribution is -2.25. The first-order valence-electron chi connectivity index (χ1n) is 9.06.